The number of hydrogen-bond donors (Lipinski definition) is 2. The number of halogens is 1. The molecule has 0 aliphatic carbocycles. The van der Waals surface area contributed by atoms with Crippen LogP contribution in [-0.4, -0.2) is 39.3 Å². The molecular weight excluding hydrogens is 516 g/mol. The van der Waals surface area contributed by atoms with Gasteiger partial charge in [0.25, 0.3) is 11.8 Å². The van der Waals surface area contributed by atoms with Gasteiger partial charge in [-0.2, -0.15) is 5.10 Å². The van der Waals surface area contributed by atoms with Gasteiger partial charge in [-0.05, 0) is 55.0 Å². The maximum Gasteiger partial charge on any atom is 0.302 e. The van der Waals surface area contributed by atoms with Gasteiger partial charge in [-0.3, -0.25) is 19.2 Å². The zero-order valence-electron chi connectivity index (χ0n) is 19.1. The van der Waals surface area contributed by atoms with Gasteiger partial charge in [0, 0.05) is 5.02 Å². The molecule has 4 aromatic rings. The lowest BCUT2D eigenvalue weighted by molar-refractivity contribution is -0.139. The number of amides is 3. The first-order valence-corrected chi connectivity index (χ1v) is 12.2. The Bertz CT molecular complexity index is 1610. The Morgan fingerprint density at radius 1 is 1.05 bits per heavy atom. The molecule has 0 spiro atoms. The fraction of sp³-hybridized carbons (Fsp3) is 0.0769. The number of phenols is 1. The van der Waals surface area contributed by atoms with E-state index in [2.05, 4.69) is 15.5 Å². The standard InChI is InChI=1S/C26H17ClN4O5S/c1-13-12-14(27)10-11-17(13)31-25(35)21(29-30-23(34)15-6-2-4-8-18(15)32)20(22(33)26(31)36)24-28-16-7-3-5-9-19(16)37-24/h2-12,20,32H,1H3,(H,30,34)/b29-21+/t20-/m0/s1. The summed E-state index contributed by atoms with van der Waals surface area (Å²) in [6, 6.07) is 17.4. The molecule has 0 saturated carbocycles. The predicted octanol–water partition coefficient (Wildman–Crippen LogP) is 3.98. The van der Waals surface area contributed by atoms with E-state index < -0.39 is 29.4 Å². The first kappa shape index (κ1) is 24.3. The van der Waals surface area contributed by atoms with Crippen LogP contribution in [0.4, 0.5) is 5.69 Å². The van der Waals surface area contributed by atoms with Gasteiger partial charge >= 0.3 is 5.91 Å². The van der Waals surface area contributed by atoms with Crippen molar-refractivity contribution in [2.75, 3.05) is 4.90 Å². The molecule has 37 heavy (non-hydrogen) atoms. The molecule has 184 valence electrons. The van der Waals surface area contributed by atoms with Gasteiger partial charge in [-0.15, -0.1) is 11.3 Å². The van der Waals surface area contributed by atoms with E-state index in [1.54, 1.807) is 49.4 Å². The summed E-state index contributed by atoms with van der Waals surface area (Å²) in [5.74, 6) is -5.39. The first-order valence-electron chi connectivity index (χ1n) is 11.0. The molecule has 2 heterocycles. The largest absolute Gasteiger partial charge is 0.507 e. The highest BCUT2D eigenvalue weighted by Crippen LogP contribution is 2.35. The van der Waals surface area contributed by atoms with Crippen molar-refractivity contribution in [3.8, 4) is 5.75 Å². The summed E-state index contributed by atoms with van der Waals surface area (Å²) in [6.07, 6.45) is 0. The number of aromatic nitrogens is 1. The summed E-state index contributed by atoms with van der Waals surface area (Å²) in [4.78, 5) is 58.3. The van der Waals surface area contributed by atoms with E-state index in [1.165, 1.54) is 24.3 Å². The van der Waals surface area contributed by atoms with Crippen molar-refractivity contribution < 1.29 is 24.3 Å². The minimum Gasteiger partial charge on any atom is -0.507 e. The Labute approximate surface area is 219 Å². The lowest BCUT2D eigenvalue weighted by atomic mass is 9.91. The zero-order valence-corrected chi connectivity index (χ0v) is 20.7. The summed E-state index contributed by atoms with van der Waals surface area (Å²) in [5.41, 5.74) is 3.00. The molecule has 1 saturated heterocycles. The fourth-order valence-corrected chi connectivity index (χ4v) is 5.27. The van der Waals surface area contributed by atoms with Gasteiger partial charge in [0.15, 0.2) is 0 Å². The van der Waals surface area contributed by atoms with Crippen LogP contribution < -0.4 is 10.3 Å². The monoisotopic (exact) mass is 532 g/mol. The molecule has 11 heteroatoms. The van der Waals surface area contributed by atoms with Crippen molar-refractivity contribution in [2.24, 2.45) is 5.10 Å². The van der Waals surface area contributed by atoms with E-state index in [0.29, 0.717) is 16.1 Å². The molecule has 2 N–H and O–H groups in total. The van der Waals surface area contributed by atoms with Gasteiger partial charge < -0.3 is 5.11 Å². The Morgan fingerprint density at radius 3 is 2.51 bits per heavy atom. The summed E-state index contributed by atoms with van der Waals surface area (Å²) in [6.45, 7) is 1.64. The predicted molar refractivity (Wildman–Crippen MR) is 139 cm³/mol. The minimum absolute atomic E-state index is 0.0838. The Kier molecular flexibility index (Phi) is 6.28. The number of hydrogen-bond acceptors (Lipinski definition) is 8. The summed E-state index contributed by atoms with van der Waals surface area (Å²) >= 11 is 7.17. The van der Waals surface area contributed by atoms with Crippen LogP contribution in [0.2, 0.25) is 5.02 Å². The maximum absolute atomic E-state index is 13.7. The van der Waals surface area contributed by atoms with Crippen LogP contribution >= 0.6 is 22.9 Å². The van der Waals surface area contributed by atoms with E-state index in [4.69, 9.17) is 11.6 Å². The number of carbonyl (C=O) groups excluding carboxylic acids is 4. The van der Waals surface area contributed by atoms with Crippen molar-refractivity contribution in [1.82, 2.24) is 10.4 Å². The molecule has 1 aliphatic heterocycles. The molecule has 5 rings (SSSR count). The van der Waals surface area contributed by atoms with Crippen LogP contribution in [0, 0.1) is 6.92 Å². The molecule has 3 amide bonds. The third kappa shape index (κ3) is 4.37. The van der Waals surface area contributed by atoms with Crippen molar-refractivity contribution in [3.05, 3.63) is 87.9 Å². The normalized spacial score (nSPS) is 17.0. The Morgan fingerprint density at radius 2 is 1.78 bits per heavy atom. The van der Waals surface area contributed by atoms with Gasteiger partial charge in [0.1, 0.15) is 22.4 Å². The second-order valence-corrected chi connectivity index (χ2v) is 9.65. The molecule has 0 radical (unpaired) electrons. The van der Waals surface area contributed by atoms with E-state index in [0.717, 1.165) is 20.9 Å². The average Bonchev–Trinajstić information content (AvgIpc) is 3.30. The number of thiazole rings is 1. The third-order valence-electron chi connectivity index (χ3n) is 5.76. The quantitative estimate of drug-likeness (QED) is 0.232. The average molecular weight is 533 g/mol. The number of aromatic hydroxyl groups is 1. The molecule has 9 nitrogen and oxygen atoms in total. The van der Waals surface area contributed by atoms with Crippen molar-refractivity contribution in [2.45, 2.75) is 12.8 Å². The Hall–Kier alpha value is -4.41. The van der Waals surface area contributed by atoms with Crippen LogP contribution in [0.5, 0.6) is 5.75 Å². The Balaban J connectivity index is 1.61. The molecule has 1 atom stereocenters. The zero-order chi connectivity index (χ0) is 26.3. The van der Waals surface area contributed by atoms with Gasteiger partial charge in [-0.1, -0.05) is 35.9 Å². The fourth-order valence-electron chi connectivity index (χ4n) is 3.97. The van der Waals surface area contributed by atoms with Crippen molar-refractivity contribution in [1.29, 1.82) is 0 Å². The van der Waals surface area contributed by atoms with Crippen LogP contribution in [0.15, 0.2) is 71.8 Å². The molecule has 1 aliphatic rings. The number of benzene rings is 3. The number of ketones is 1. The highest BCUT2D eigenvalue weighted by Gasteiger charge is 2.49. The second kappa shape index (κ2) is 9.57. The molecule has 0 bridgehead atoms. The van der Waals surface area contributed by atoms with Gasteiger partial charge in [-0.25, -0.2) is 15.3 Å². The highest BCUT2D eigenvalue weighted by atomic mass is 35.5. The van der Waals surface area contributed by atoms with E-state index in [1.807, 2.05) is 0 Å². The maximum atomic E-state index is 13.7. The number of anilines is 1. The number of Topliss-reactive ketones (excluding diaryl/α,β-unsaturated/α-hetero) is 1. The van der Waals surface area contributed by atoms with Crippen LogP contribution in [-0.2, 0) is 14.4 Å². The summed E-state index contributed by atoms with van der Waals surface area (Å²) < 4.78 is 0.749. The van der Waals surface area contributed by atoms with E-state index in [-0.39, 0.29) is 27.7 Å². The molecule has 0 unspecified atom stereocenters. The van der Waals surface area contributed by atoms with E-state index >= 15 is 0 Å². The molecule has 1 fully saturated rings. The second-order valence-electron chi connectivity index (χ2n) is 8.15. The van der Waals surface area contributed by atoms with Gasteiger partial charge in [0.05, 0.1) is 21.5 Å². The number of imide groups is 1. The number of aryl methyl sites for hydroxylation is 1. The minimum atomic E-state index is -1.43. The van der Waals surface area contributed by atoms with Crippen molar-refractivity contribution >= 4 is 68.1 Å². The van der Waals surface area contributed by atoms with Crippen LogP contribution in [0.1, 0.15) is 26.8 Å². The summed E-state index contributed by atoms with van der Waals surface area (Å²) in [5, 5.41) is 14.6. The summed E-state index contributed by atoms with van der Waals surface area (Å²) in [7, 11) is 0. The molecular formula is C26H17ClN4O5S. The number of para-hydroxylation sites is 2. The third-order valence-corrected chi connectivity index (χ3v) is 7.09. The molecule has 1 aromatic heterocycles. The van der Waals surface area contributed by atoms with Crippen LogP contribution in [0.3, 0.4) is 0 Å². The van der Waals surface area contributed by atoms with Gasteiger partial charge in [0.2, 0.25) is 5.78 Å². The number of rotatable bonds is 4. The lowest BCUT2D eigenvalue weighted by Gasteiger charge is -2.30. The van der Waals surface area contributed by atoms with Crippen LogP contribution in [0.25, 0.3) is 10.2 Å². The molecule has 3 aromatic carbocycles. The van der Waals surface area contributed by atoms with E-state index in [9.17, 15) is 24.3 Å². The number of fused-ring (bicyclic) bond motifs is 1. The number of carbonyl (C=O) groups is 4. The number of hydrazone groups is 1. The lowest BCUT2D eigenvalue weighted by Crippen LogP contribution is -2.55. The first-order chi connectivity index (χ1) is 17.8. The van der Waals surface area contributed by atoms with Crippen molar-refractivity contribution in [3.63, 3.8) is 0 Å². The SMILES string of the molecule is Cc1cc(Cl)ccc1N1C(=O)C(=O)[C@@H](c2nc3ccccc3s2)/C(=N\NC(=O)c2ccccc2O)C1=O. The number of nitrogens with one attached hydrogen (secondary N) is 1. The number of nitrogens with zero attached hydrogens (tertiary/aromatic N) is 3. The number of phenolic OH excluding ortho intramolecular Hbond substituents is 1. The topological polar surface area (TPSA) is 129 Å². The smallest absolute Gasteiger partial charge is 0.302 e. The number of piperidine rings is 1. The highest BCUT2D eigenvalue weighted by molar-refractivity contribution is 7.19.